The van der Waals surface area contributed by atoms with Crippen molar-refractivity contribution in [1.82, 2.24) is 9.55 Å². The van der Waals surface area contributed by atoms with Crippen molar-refractivity contribution in [3.8, 4) is 5.69 Å². The molecule has 0 spiro atoms. The molecule has 0 aliphatic rings. The van der Waals surface area contributed by atoms with Crippen LogP contribution in [0.4, 0.5) is 5.69 Å². The van der Waals surface area contributed by atoms with E-state index >= 15 is 0 Å². The van der Waals surface area contributed by atoms with E-state index in [0.29, 0.717) is 10.8 Å². The van der Waals surface area contributed by atoms with Crippen LogP contribution in [0.25, 0.3) is 5.69 Å². The standard InChI is InChI=1S/C21H22ClN3OS/c1-2-3-4-16-5-9-18(10-6-16)24-20(26)15-27-21-23-13-14-25(21)19-11-7-17(22)8-12-19/h5-14H,2-4,15H2,1H3,(H,24,26). The molecule has 0 aliphatic carbocycles. The number of benzene rings is 2. The number of thioether (sulfide) groups is 1. The normalized spacial score (nSPS) is 10.7. The Labute approximate surface area is 169 Å². The summed E-state index contributed by atoms with van der Waals surface area (Å²) < 4.78 is 1.94. The minimum Gasteiger partial charge on any atom is -0.325 e. The van der Waals surface area contributed by atoms with E-state index in [0.717, 1.165) is 23.0 Å². The van der Waals surface area contributed by atoms with Gasteiger partial charge in [-0.25, -0.2) is 4.98 Å². The van der Waals surface area contributed by atoms with E-state index in [1.165, 1.54) is 30.2 Å². The fourth-order valence-electron chi connectivity index (χ4n) is 2.66. The predicted octanol–water partition coefficient (Wildman–Crippen LogP) is 5.60. The van der Waals surface area contributed by atoms with Gasteiger partial charge in [0, 0.05) is 28.8 Å². The number of rotatable bonds is 8. The number of carbonyl (C=O) groups excluding carboxylic acids is 1. The Morgan fingerprint density at radius 3 is 2.59 bits per heavy atom. The van der Waals surface area contributed by atoms with Crippen molar-refractivity contribution in [3.63, 3.8) is 0 Å². The summed E-state index contributed by atoms with van der Waals surface area (Å²) in [4.78, 5) is 16.6. The Morgan fingerprint density at radius 2 is 1.89 bits per heavy atom. The van der Waals surface area contributed by atoms with Gasteiger partial charge in [0.15, 0.2) is 5.16 Å². The highest BCUT2D eigenvalue weighted by Crippen LogP contribution is 2.22. The van der Waals surface area contributed by atoms with Crippen LogP contribution in [-0.4, -0.2) is 21.2 Å². The van der Waals surface area contributed by atoms with E-state index in [-0.39, 0.29) is 5.91 Å². The van der Waals surface area contributed by atoms with Crippen molar-refractivity contribution in [3.05, 3.63) is 71.5 Å². The Hall–Kier alpha value is -2.24. The van der Waals surface area contributed by atoms with Crippen molar-refractivity contribution < 1.29 is 4.79 Å². The van der Waals surface area contributed by atoms with Gasteiger partial charge in [0.05, 0.1) is 5.75 Å². The lowest BCUT2D eigenvalue weighted by Crippen LogP contribution is -2.14. The number of carbonyl (C=O) groups is 1. The number of anilines is 1. The van der Waals surface area contributed by atoms with Gasteiger partial charge >= 0.3 is 0 Å². The van der Waals surface area contributed by atoms with Crippen LogP contribution in [0.3, 0.4) is 0 Å². The zero-order valence-electron chi connectivity index (χ0n) is 15.2. The molecule has 1 amide bonds. The van der Waals surface area contributed by atoms with Gasteiger partial charge in [-0.3, -0.25) is 9.36 Å². The summed E-state index contributed by atoms with van der Waals surface area (Å²) in [7, 11) is 0. The van der Waals surface area contributed by atoms with Crippen molar-refractivity contribution in [1.29, 1.82) is 0 Å². The molecule has 3 rings (SSSR count). The van der Waals surface area contributed by atoms with Crippen LogP contribution >= 0.6 is 23.4 Å². The molecule has 6 heteroatoms. The summed E-state index contributed by atoms with van der Waals surface area (Å²) in [6.45, 7) is 2.19. The number of aromatic nitrogens is 2. The highest BCUT2D eigenvalue weighted by Gasteiger charge is 2.09. The van der Waals surface area contributed by atoms with E-state index in [9.17, 15) is 4.79 Å². The topological polar surface area (TPSA) is 46.9 Å². The Bertz CT molecular complexity index is 875. The maximum absolute atomic E-state index is 12.3. The minimum absolute atomic E-state index is 0.0491. The molecule has 1 heterocycles. The number of halogens is 1. The molecule has 0 aliphatic heterocycles. The number of hydrogen-bond acceptors (Lipinski definition) is 3. The number of amides is 1. The van der Waals surface area contributed by atoms with Crippen LogP contribution in [0.2, 0.25) is 5.02 Å². The number of nitrogens with one attached hydrogen (secondary N) is 1. The Morgan fingerprint density at radius 1 is 1.15 bits per heavy atom. The molecule has 0 saturated heterocycles. The lowest BCUT2D eigenvalue weighted by molar-refractivity contribution is -0.113. The van der Waals surface area contributed by atoms with Gasteiger partial charge in [0.1, 0.15) is 0 Å². The minimum atomic E-state index is -0.0491. The number of unbranched alkanes of at least 4 members (excludes halogenated alkanes) is 1. The zero-order chi connectivity index (χ0) is 19.1. The van der Waals surface area contributed by atoms with Crippen LogP contribution < -0.4 is 5.32 Å². The summed E-state index contributed by atoms with van der Waals surface area (Å²) in [5, 5.41) is 4.39. The van der Waals surface area contributed by atoms with Gasteiger partial charge in [0.25, 0.3) is 0 Å². The van der Waals surface area contributed by atoms with Crippen molar-refractivity contribution in [2.75, 3.05) is 11.1 Å². The molecular formula is C21H22ClN3OS. The second-order valence-electron chi connectivity index (χ2n) is 6.19. The molecule has 0 bridgehead atoms. The lowest BCUT2D eigenvalue weighted by Gasteiger charge is -2.09. The first-order chi connectivity index (χ1) is 13.2. The first kappa shape index (κ1) is 19.5. The van der Waals surface area contributed by atoms with E-state index in [1.807, 2.05) is 47.2 Å². The molecule has 0 radical (unpaired) electrons. The molecule has 1 N–H and O–H groups in total. The maximum Gasteiger partial charge on any atom is 0.234 e. The summed E-state index contributed by atoms with van der Waals surface area (Å²) in [6.07, 6.45) is 7.04. The fraction of sp³-hybridized carbons (Fsp3) is 0.238. The van der Waals surface area contributed by atoms with Gasteiger partial charge in [-0.2, -0.15) is 0 Å². The smallest absolute Gasteiger partial charge is 0.234 e. The summed E-state index contributed by atoms with van der Waals surface area (Å²) in [5.74, 6) is 0.245. The third-order valence-electron chi connectivity index (χ3n) is 4.10. The largest absolute Gasteiger partial charge is 0.325 e. The lowest BCUT2D eigenvalue weighted by atomic mass is 10.1. The maximum atomic E-state index is 12.3. The van der Waals surface area contributed by atoms with Gasteiger partial charge in [-0.05, 0) is 54.8 Å². The van der Waals surface area contributed by atoms with Gasteiger partial charge in [-0.1, -0.05) is 48.8 Å². The Balaban J connectivity index is 1.55. The Kier molecular flexibility index (Phi) is 6.96. The van der Waals surface area contributed by atoms with E-state index in [2.05, 4.69) is 29.4 Å². The number of aryl methyl sites for hydroxylation is 1. The number of hydrogen-bond donors (Lipinski definition) is 1. The summed E-state index contributed by atoms with van der Waals surface area (Å²) in [5.41, 5.74) is 3.08. The molecule has 1 aromatic heterocycles. The van der Waals surface area contributed by atoms with Crippen LogP contribution in [0.1, 0.15) is 25.3 Å². The van der Waals surface area contributed by atoms with E-state index < -0.39 is 0 Å². The fourth-order valence-corrected chi connectivity index (χ4v) is 3.56. The molecular weight excluding hydrogens is 378 g/mol. The van der Waals surface area contributed by atoms with Crippen LogP contribution in [0.5, 0.6) is 0 Å². The highest BCUT2D eigenvalue weighted by molar-refractivity contribution is 7.99. The molecule has 2 aromatic carbocycles. The van der Waals surface area contributed by atoms with Gasteiger partial charge in [-0.15, -0.1) is 0 Å². The molecule has 27 heavy (non-hydrogen) atoms. The highest BCUT2D eigenvalue weighted by atomic mass is 35.5. The predicted molar refractivity (Wildman–Crippen MR) is 113 cm³/mol. The third-order valence-corrected chi connectivity index (χ3v) is 5.32. The van der Waals surface area contributed by atoms with Gasteiger partial charge < -0.3 is 5.32 Å². The zero-order valence-corrected chi connectivity index (χ0v) is 16.8. The quantitative estimate of drug-likeness (QED) is 0.501. The average Bonchev–Trinajstić information content (AvgIpc) is 3.15. The van der Waals surface area contributed by atoms with E-state index in [1.54, 1.807) is 6.20 Å². The molecule has 0 saturated carbocycles. The number of imidazole rings is 1. The average molecular weight is 400 g/mol. The molecule has 4 nitrogen and oxygen atoms in total. The third kappa shape index (κ3) is 5.62. The van der Waals surface area contributed by atoms with Crippen LogP contribution in [0.15, 0.2) is 66.1 Å². The molecule has 140 valence electrons. The van der Waals surface area contributed by atoms with Gasteiger partial charge in [0.2, 0.25) is 5.91 Å². The van der Waals surface area contributed by atoms with E-state index in [4.69, 9.17) is 11.6 Å². The monoisotopic (exact) mass is 399 g/mol. The van der Waals surface area contributed by atoms with Crippen LogP contribution in [0, 0.1) is 0 Å². The first-order valence-corrected chi connectivity index (χ1v) is 10.3. The molecule has 3 aromatic rings. The first-order valence-electron chi connectivity index (χ1n) is 8.96. The number of nitrogens with zero attached hydrogens (tertiary/aromatic N) is 2. The second kappa shape index (κ2) is 9.62. The summed E-state index contributed by atoms with van der Waals surface area (Å²) in [6, 6.07) is 15.6. The molecule has 0 atom stereocenters. The van der Waals surface area contributed by atoms with Crippen molar-refractivity contribution >= 4 is 35.0 Å². The van der Waals surface area contributed by atoms with Crippen LogP contribution in [-0.2, 0) is 11.2 Å². The molecule has 0 unspecified atom stereocenters. The van der Waals surface area contributed by atoms with Crippen molar-refractivity contribution in [2.45, 2.75) is 31.3 Å². The molecule has 0 fully saturated rings. The SMILES string of the molecule is CCCCc1ccc(NC(=O)CSc2nccn2-c2ccc(Cl)cc2)cc1. The van der Waals surface area contributed by atoms with Crippen molar-refractivity contribution in [2.24, 2.45) is 0 Å². The second-order valence-corrected chi connectivity index (χ2v) is 7.57. The summed E-state index contributed by atoms with van der Waals surface area (Å²) >= 11 is 7.35.